The number of hydrogen-bond acceptors (Lipinski definition) is 7. The van der Waals surface area contributed by atoms with Gasteiger partial charge in [0.1, 0.15) is 17.3 Å². The van der Waals surface area contributed by atoms with Crippen LogP contribution in [0.5, 0.6) is 0 Å². The minimum atomic E-state index is -0.542. The molecule has 2 aliphatic carbocycles. The number of aryl methyl sites for hydroxylation is 1. The lowest BCUT2D eigenvalue weighted by Gasteiger charge is -2.39. The molecule has 1 aliphatic heterocycles. The Kier molecular flexibility index (Phi) is 4.59. The van der Waals surface area contributed by atoms with E-state index in [0.29, 0.717) is 23.1 Å². The van der Waals surface area contributed by atoms with E-state index in [9.17, 15) is 9.59 Å². The first-order chi connectivity index (χ1) is 16.4. The molecule has 10 nitrogen and oxygen atoms in total. The zero-order valence-corrected chi connectivity index (χ0v) is 18.8. The van der Waals surface area contributed by atoms with E-state index in [-0.39, 0.29) is 11.2 Å². The van der Waals surface area contributed by atoms with Crippen molar-refractivity contribution in [3.63, 3.8) is 0 Å². The Hall–Kier alpha value is -3.92. The van der Waals surface area contributed by atoms with Gasteiger partial charge in [0, 0.05) is 28.9 Å². The van der Waals surface area contributed by atoms with Gasteiger partial charge in [-0.1, -0.05) is 12.1 Å². The van der Waals surface area contributed by atoms with Crippen molar-refractivity contribution in [1.29, 1.82) is 0 Å². The van der Waals surface area contributed by atoms with E-state index >= 15 is 0 Å². The minimum absolute atomic E-state index is 0.162. The third-order valence-corrected chi connectivity index (χ3v) is 6.76. The van der Waals surface area contributed by atoms with Crippen LogP contribution in [0.4, 0.5) is 22.1 Å². The molecular weight excluding hydrogens is 432 g/mol. The molecule has 2 saturated carbocycles. The molecule has 1 saturated heterocycles. The Bertz CT molecular complexity index is 1370. The molecule has 6 N–H and O–H groups in total. The molecule has 1 aromatic carbocycles. The summed E-state index contributed by atoms with van der Waals surface area (Å²) in [6.45, 7) is 2.06. The number of urea groups is 1. The molecule has 3 heterocycles. The first-order valence-electron chi connectivity index (χ1n) is 11.5. The number of rotatable bonds is 6. The average Bonchev–Trinajstić information content (AvgIpc) is 3.42. The zero-order valence-electron chi connectivity index (χ0n) is 18.8. The van der Waals surface area contributed by atoms with Crippen LogP contribution < -0.4 is 27.0 Å². The topological polar surface area (TPSA) is 138 Å². The number of anilines is 3. The SMILES string of the molecule is Cc1cc(C2(N)CCC2)ccc1Nc1cc(NC2CC2)n2ncc(/C=C3\NC(=O)NC3=O)c2n1. The number of nitrogens with zero attached hydrogens (tertiary/aromatic N) is 3. The number of nitrogens with one attached hydrogen (secondary N) is 4. The quantitative estimate of drug-likeness (QED) is 0.283. The Morgan fingerprint density at radius 2 is 2.03 bits per heavy atom. The summed E-state index contributed by atoms with van der Waals surface area (Å²) in [5, 5.41) is 16.1. The summed E-state index contributed by atoms with van der Waals surface area (Å²) in [5.41, 5.74) is 10.9. The number of benzene rings is 1. The van der Waals surface area contributed by atoms with Crippen LogP contribution in [0.1, 0.15) is 48.8 Å². The third kappa shape index (κ3) is 3.65. The summed E-state index contributed by atoms with van der Waals surface area (Å²) in [5.74, 6) is 0.983. The van der Waals surface area contributed by atoms with Crippen molar-refractivity contribution >= 4 is 41.0 Å². The van der Waals surface area contributed by atoms with Gasteiger partial charge >= 0.3 is 6.03 Å². The van der Waals surface area contributed by atoms with Gasteiger partial charge < -0.3 is 21.7 Å². The molecule has 0 spiro atoms. The fourth-order valence-electron chi connectivity index (χ4n) is 4.42. The number of carbonyl (C=O) groups excluding carboxylic acids is 2. The molecule has 0 unspecified atom stereocenters. The van der Waals surface area contributed by atoms with E-state index in [0.717, 1.165) is 42.8 Å². The number of nitrogens with two attached hydrogens (primary N) is 1. The van der Waals surface area contributed by atoms with Gasteiger partial charge in [-0.05, 0) is 62.3 Å². The number of fused-ring (bicyclic) bond motifs is 1. The summed E-state index contributed by atoms with van der Waals surface area (Å²) < 4.78 is 1.72. The van der Waals surface area contributed by atoms with Gasteiger partial charge in [0.2, 0.25) is 0 Å². The molecular formula is C24H26N8O2. The maximum atomic E-state index is 12.0. The van der Waals surface area contributed by atoms with Gasteiger partial charge in [0.05, 0.1) is 6.20 Å². The first kappa shape index (κ1) is 20.7. The summed E-state index contributed by atoms with van der Waals surface area (Å²) in [6.07, 6.45) is 8.65. The molecule has 0 atom stereocenters. The molecule has 0 bridgehead atoms. The van der Waals surface area contributed by atoms with Crippen molar-refractivity contribution < 1.29 is 9.59 Å². The van der Waals surface area contributed by atoms with Crippen molar-refractivity contribution in [2.75, 3.05) is 10.6 Å². The van der Waals surface area contributed by atoms with Crippen molar-refractivity contribution in [2.24, 2.45) is 5.73 Å². The summed E-state index contributed by atoms with van der Waals surface area (Å²) in [7, 11) is 0. The molecule has 3 aliphatic rings. The highest BCUT2D eigenvalue weighted by Crippen LogP contribution is 2.40. The van der Waals surface area contributed by atoms with Crippen molar-refractivity contribution in [1.82, 2.24) is 25.2 Å². The maximum Gasteiger partial charge on any atom is 0.326 e. The minimum Gasteiger partial charge on any atom is -0.367 e. The smallest absolute Gasteiger partial charge is 0.326 e. The lowest BCUT2D eigenvalue weighted by molar-refractivity contribution is -0.115. The van der Waals surface area contributed by atoms with Crippen LogP contribution in [0.15, 0.2) is 36.2 Å². The highest BCUT2D eigenvalue weighted by Gasteiger charge is 2.34. The maximum absolute atomic E-state index is 12.0. The molecule has 10 heteroatoms. The standard InChI is InChI=1S/C24H26N8O2/c1-13-9-15(24(25)7-2-8-24)3-6-17(13)28-19-11-20(27-16-4-5-16)32-21(30-19)14(12-26-32)10-18-22(33)31-23(34)29-18/h3,6,9-12,16,27H,2,4-5,7-8,25H2,1H3,(H,28,30)(H2,29,31,33,34)/b18-10-. The van der Waals surface area contributed by atoms with Gasteiger partial charge in [-0.15, -0.1) is 0 Å². The predicted molar refractivity (Wildman–Crippen MR) is 128 cm³/mol. The molecule has 3 amide bonds. The molecule has 174 valence electrons. The van der Waals surface area contributed by atoms with Crippen LogP contribution in [0.3, 0.4) is 0 Å². The normalized spacial score (nSPS) is 20.2. The number of aromatic nitrogens is 3. The van der Waals surface area contributed by atoms with Gasteiger partial charge in [-0.3, -0.25) is 10.1 Å². The third-order valence-electron chi connectivity index (χ3n) is 6.76. The van der Waals surface area contributed by atoms with E-state index in [4.69, 9.17) is 10.7 Å². The molecule has 3 fully saturated rings. The lowest BCUT2D eigenvalue weighted by Crippen LogP contribution is -2.43. The summed E-state index contributed by atoms with van der Waals surface area (Å²) in [6, 6.07) is 8.09. The summed E-state index contributed by atoms with van der Waals surface area (Å²) >= 11 is 0. The van der Waals surface area contributed by atoms with E-state index < -0.39 is 11.9 Å². The number of imide groups is 1. The second-order valence-corrected chi connectivity index (χ2v) is 9.41. The Morgan fingerprint density at radius 1 is 1.21 bits per heavy atom. The first-order valence-corrected chi connectivity index (χ1v) is 11.5. The fourth-order valence-corrected chi connectivity index (χ4v) is 4.42. The lowest BCUT2D eigenvalue weighted by atomic mass is 9.72. The predicted octanol–water partition coefficient (Wildman–Crippen LogP) is 2.87. The second kappa shape index (κ2) is 7.56. The molecule has 2 aromatic heterocycles. The summed E-state index contributed by atoms with van der Waals surface area (Å²) in [4.78, 5) is 28.3. The molecule has 0 radical (unpaired) electrons. The largest absolute Gasteiger partial charge is 0.367 e. The number of carbonyl (C=O) groups is 2. The van der Waals surface area contributed by atoms with Crippen LogP contribution in [-0.2, 0) is 10.3 Å². The number of hydrogen-bond donors (Lipinski definition) is 5. The van der Waals surface area contributed by atoms with Crippen LogP contribution in [0.2, 0.25) is 0 Å². The highest BCUT2D eigenvalue weighted by atomic mass is 16.2. The second-order valence-electron chi connectivity index (χ2n) is 9.41. The van der Waals surface area contributed by atoms with Gasteiger partial charge in [-0.25, -0.2) is 9.78 Å². The Balaban J connectivity index is 1.37. The fraction of sp³-hybridized carbons (Fsp3) is 0.333. The average molecular weight is 459 g/mol. The van der Waals surface area contributed by atoms with E-state index in [2.05, 4.69) is 51.5 Å². The molecule has 34 heavy (non-hydrogen) atoms. The van der Waals surface area contributed by atoms with Crippen molar-refractivity contribution in [3.8, 4) is 0 Å². The van der Waals surface area contributed by atoms with Crippen molar-refractivity contribution in [2.45, 2.75) is 50.6 Å². The Labute approximate surface area is 196 Å². The van der Waals surface area contributed by atoms with Crippen LogP contribution >= 0.6 is 0 Å². The highest BCUT2D eigenvalue weighted by molar-refractivity contribution is 6.14. The van der Waals surface area contributed by atoms with Gasteiger partial charge in [-0.2, -0.15) is 9.61 Å². The van der Waals surface area contributed by atoms with Gasteiger partial charge in [0.15, 0.2) is 5.65 Å². The van der Waals surface area contributed by atoms with Crippen molar-refractivity contribution in [3.05, 3.63) is 52.8 Å². The molecule has 3 aromatic rings. The zero-order chi connectivity index (χ0) is 23.4. The van der Waals surface area contributed by atoms with E-state index in [1.54, 1.807) is 16.8 Å². The van der Waals surface area contributed by atoms with Crippen LogP contribution in [0.25, 0.3) is 11.7 Å². The molecule has 6 rings (SSSR count). The number of amides is 3. The van der Waals surface area contributed by atoms with E-state index in [1.165, 1.54) is 12.0 Å². The van der Waals surface area contributed by atoms with Crippen LogP contribution in [-0.4, -0.2) is 32.6 Å². The monoisotopic (exact) mass is 458 g/mol. The Morgan fingerprint density at radius 3 is 2.68 bits per heavy atom. The van der Waals surface area contributed by atoms with E-state index in [1.807, 2.05) is 6.07 Å². The van der Waals surface area contributed by atoms with Gasteiger partial charge in [0.25, 0.3) is 5.91 Å². The van der Waals surface area contributed by atoms with Crippen LogP contribution in [0, 0.1) is 6.92 Å².